The van der Waals surface area contributed by atoms with Crippen molar-refractivity contribution in [2.24, 2.45) is 0 Å². The Hall–Kier alpha value is -0.670. The molecule has 0 aromatic heterocycles. The molecule has 0 N–H and O–H groups in total. The van der Waals surface area contributed by atoms with E-state index in [1.54, 1.807) is 0 Å². The topological polar surface area (TPSA) is 26.3 Å². The number of ether oxygens (including phenoxy) is 1. The summed E-state index contributed by atoms with van der Waals surface area (Å²) in [6, 6.07) is 0. The maximum Gasteiger partial charge on any atom is 0.308 e. The van der Waals surface area contributed by atoms with E-state index in [2.05, 4.69) is 4.74 Å². The van der Waals surface area contributed by atoms with Gasteiger partial charge in [-0.15, -0.1) is 0 Å². The fourth-order valence-electron chi connectivity index (χ4n) is 0.257. The van der Waals surface area contributed by atoms with E-state index in [-0.39, 0.29) is 6.42 Å². The highest BCUT2D eigenvalue weighted by molar-refractivity contribution is 5.68. The molecule has 0 aromatic carbocycles. The molecule has 1 unspecified atom stereocenters. The second-order valence-electron chi connectivity index (χ2n) is 1.41. The number of hydrogen-bond donors (Lipinski definition) is 0. The molecule has 2 nitrogen and oxygen atoms in total. The van der Waals surface area contributed by atoms with Gasteiger partial charge in [0.1, 0.15) is 0 Å². The Labute approximate surface area is 51.8 Å². The van der Waals surface area contributed by atoms with Gasteiger partial charge in [0.05, 0.1) is 0 Å². The minimum atomic E-state index is -2.09. The normalized spacial score (nSPS) is 12.8. The van der Waals surface area contributed by atoms with Gasteiger partial charge in [0.2, 0.25) is 0 Å². The van der Waals surface area contributed by atoms with E-state index in [0.29, 0.717) is 0 Å². The van der Waals surface area contributed by atoms with E-state index < -0.39 is 19.0 Å². The third-order valence-corrected chi connectivity index (χ3v) is 0.669. The Morgan fingerprint density at radius 3 is 2.67 bits per heavy atom. The summed E-state index contributed by atoms with van der Waals surface area (Å²) in [6.45, 7) is 0.235. The summed E-state index contributed by atoms with van der Waals surface area (Å²) >= 11 is 0. The molecule has 0 aromatic rings. The van der Waals surface area contributed by atoms with Gasteiger partial charge in [-0.3, -0.25) is 4.79 Å². The first-order chi connectivity index (χ1) is 4.20. The molecule has 0 saturated carbocycles. The van der Waals surface area contributed by atoms with Crippen molar-refractivity contribution in [3.8, 4) is 0 Å². The van der Waals surface area contributed by atoms with Crippen molar-refractivity contribution in [3.05, 3.63) is 0 Å². The van der Waals surface area contributed by atoms with Crippen LogP contribution in [0.2, 0.25) is 0 Å². The molecule has 0 aliphatic rings. The van der Waals surface area contributed by atoms with Crippen LogP contribution < -0.4 is 0 Å². The second-order valence-corrected chi connectivity index (χ2v) is 1.41. The van der Waals surface area contributed by atoms with Gasteiger partial charge in [-0.2, -0.15) is 4.39 Å². The number of carbonyl (C=O) groups is 1. The lowest BCUT2D eigenvalue weighted by molar-refractivity contribution is -0.158. The van der Waals surface area contributed by atoms with Crippen LogP contribution >= 0.6 is 0 Å². The average Bonchev–Trinajstić information content (AvgIpc) is 1.87. The van der Waals surface area contributed by atoms with Crippen LogP contribution in [0.1, 0.15) is 13.3 Å². The Balaban J connectivity index is 3.34. The number of rotatable bonds is 3. The van der Waals surface area contributed by atoms with Crippen LogP contribution in [0.5, 0.6) is 0 Å². The molecule has 1 atom stereocenters. The minimum Gasteiger partial charge on any atom is -0.428 e. The first-order valence-electron chi connectivity index (χ1n) is 2.60. The van der Waals surface area contributed by atoms with Crippen LogP contribution in [0.3, 0.4) is 0 Å². The van der Waals surface area contributed by atoms with Crippen LogP contribution in [0, 0.1) is 0 Å². The van der Waals surface area contributed by atoms with Crippen molar-refractivity contribution in [3.63, 3.8) is 0 Å². The molecule has 0 aliphatic carbocycles. The quantitative estimate of drug-likeness (QED) is 0.548. The van der Waals surface area contributed by atoms with Crippen LogP contribution in [-0.4, -0.2) is 19.0 Å². The van der Waals surface area contributed by atoms with E-state index in [1.807, 2.05) is 0 Å². The first kappa shape index (κ1) is 8.33. The zero-order chi connectivity index (χ0) is 7.28. The number of hydrogen-bond acceptors (Lipinski definition) is 2. The predicted octanol–water partition coefficient (Wildman–Crippen LogP) is 1.20. The molecule has 0 radical (unpaired) electrons. The van der Waals surface area contributed by atoms with Crippen LogP contribution in [0.4, 0.5) is 8.78 Å². The second kappa shape index (κ2) is 4.23. The maximum absolute atomic E-state index is 11.8. The Morgan fingerprint density at radius 2 is 2.33 bits per heavy atom. The third kappa shape index (κ3) is 3.88. The first-order valence-corrected chi connectivity index (χ1v) is 2.60. The summed E-state index contributed by atoms with van der Waals surface area (Å²) < 4.78 is 26.9. The molecule has 0 rings (SSSR count). The van der Waals surface area contributed by atoms with E-state index in [9.17, 15) is 13.6 Å². The van der Waals surface area contributed by atoms with Gasteiger partial charge in [-0.05, 0) is 0 Å². The Bertz CT molecular complexity index is 95.0. The third-order valence-electron chi connectivity index (χ3n) is 0.669. The molecule has 4 heteroatoms. The highest BCUT2D eigenvalue weighted by Crippen LogP contribution is 1.96. The van der Waals surface area contributed by atoms with Gasteiger partial charge in [0.15, 0.2) is 6.67 Å². The zero-order valence-electron chi connectivity index (χ0n) is 5.06. The summed E-state index contributed by atoms with van der Waals surface area (Å²) in [5.41, 5.74) is 0. The van der Waals surface area contributed by atoms with Gasteiger partial charge in [-0.25, -0.2) is 4.39 Å². The molecule has 9 heavy (non-hydrogen) atoms. The van der Waals surface area contributed by atoms with Gasteiger partial charge in [-0.1, -0.05) is 6.92 Å². The van der Waals surface area contributed by atoms with Crippen molar-refractivity contribution >= 4 is 5.97 Å². The van der Waals surface area contributed by atoms with Crippen molar-refractivity contribution in [1.82, 2.24) is 0 Å². The average molecular weight is 138 g/mol. The molecule has 0 spiro atoms. The van der Waals surface area contributed by atoms with Crippen molar-refractivity contribution in [1.29, 1.82) is 0 Å². The minimum absolute atomic E-state index is 0.0699. The molecule has 0 heterocycles. The van der Waals surface area contributed by atoms with Crippen molar-refractivity contribution < 1.29 is 18.3 Å². The van der Waals surface area contributed by atoms with E-state index in [1.165, 1.54) is 6.92 Å². The van der Waals surface area contributed by atoms with Crippen molar-refractivity contribution in [2.75, 3.05) is 6.67 Å². The van der Waals surface area contributed by atoms with Gasteiger partial charge in [0.25, 0.3) is 6.36 Å². The molecule has 54 valence electrons. The molecule has 0 bridgehead atoms. The van der Waals surface area contributed by atoms with Crippen LogP contribution in [0.25, 0.3) is 0 Å². The van der Waals surface area contributed by atoms with Gasteiger partial charge >= 0.3 is 5.97 Å². The number of halogens is 2. The number of alkyl halides is 2. The Kier molecular flexibility index (Phi) is 3.92. The predicted molar refractivity (Wildman–Crippen MR) is 27.3 cm³/mol. The lowest BCUT2D eigenvalue weighted by Crippen LogP contribution is -2.13. The molecule has 0 saturated heterocycles. The maximum atomic E-state index is 11.8. The molecular weight excluding hydrogens is 130 g/mol. The summed E-state index contributed by atoms with van der Waals surface area (Å²) in [4.78, 5) is 10.2. The summed E-state index contributed by atoms with van der Waals surface area (Å²) in [6.07, 6.45) is -2.02. The zero-order valence-corrected chi connectivity index (χ0v) is 5.06. The van der Waals surface area contributed by atoms with Crippen LogP contribution in [-0.2, 0) is 9.53 Å². The van der Waals surface area contributed by atoms with E-state index in [4.69, 9.17) is 0 Å². The lowest BCUT2D eigenvalue weighted by atomic mass is 10.5. The van der Waals surface area contributed by atoms with Crippen molar-refractivity contribution in [2.45, 2.75) is 19.7 Å². The Morgan fingerprint density at radius 1 is 1.78 bits per heavy atom. The highest BCUT2D eigenvalue weighted by atomic mass is 19.2. The summed E-state index contributed by atoms with van der Waals surface area (Å²) in [5, 5.41) is 0. The lowest BCUT2D eigenvalue weighted by Gasteiger charge is -2.02. The molecular formula is C5H8F2O2. The van der Waals surface area contributed by atoms with Crippen LogP contribution in [0.15, 0.2) is 0 Å². The highest BCUT2D eigenvalue weighted by Gasteiger charge is 2.08. The largest absolute Gasteiger partial charge is 0.428 e. The fraction of sp³-hybridized carbons (Fsp3) is 0.800. The van der Waals surface area contributed by atoms with E-state index >= 15 is 0 Å². The molecule has 0 fully saturated rings. The molecule has 0 aliphatic heterocycles. The van der Waals surface area contributed by atoms with Gasteiger partial charge in [0, 0.05) is 6.42 Å². The smallest absolute Gasteiger partial charge is 0.308 e. The summed E-state index contributed by atoms with van der Waals surface area (Å²) in [5.74, 6) is -0.722. The van der Waals surface area contributed by atoms with E-state index in [0.717, 1.165) is 0 Å². The fourth-order valence-corrected chi connectivity index (χ4v) is 0.257. The number of carbonyl (C=O) groups excluding carboxylic acids is 1. The molecule has 0 amide bonds. The standard InChI is InChI=1S/C5H8F2O2/c1-2-5(8)9-4(7)3-6/h4H,2-3H2,1H3. The summed E-state index contributed by atoms with van der Waals surface area (Å²) in [7, 11) is 0. The monoisotopic (exact) mass is 138 g/mol. The SMILES string of the molecule is CCC(=O)OC(F)CF. The number of esters is 1. The van der Waals surface area contributed by atoms with Gasteiger partial charge < -0.3 is 4.74 Å².